The molecule has 1 aliphatic rings. The molecule has 0 bridgehead atoms. The summed E-state index contributed by atoms with van der Waals surface area (Å²) in [6.45, 7) is 21.1. The first kappa shape index (κ1) is 33.9. The smallest absolute Gasteiger partial charge is 0.407 e. The molecule has 234 valence electrons. The SMILES string of the molecule is Cc1cc(Nc2nc(C[C@]3(C(=O)O)CCN(C(=O)O)[C@@](C)(C(C)(C)C)C3C(C)(C)C)c(F)c(Cl)c2Cl)nn1C(C)(C)C. The Morgan fingerprint density at radius 1 is 1.10 bits per heavy atom. The molecule has 1 aliphatic heterocycles. The van der Waals surface area contributed by atoms with E-state index < -0.39 is 45.6 Å². The number of likely N-dealkylation sites (tertiary alicyclic amines) is 1. The van der Waals surface area contributed by atoms with E-state index in [0.717, 1.165) is 5.69 Å². The number of pyridine rings is 1. The molecule has 9 nitrogen and oxygen atoms in total. The average molecular weight is 629 g/mol. The van der Waals surface area contributed by atoms with E-state index in [1.54, 1.807) is 13.0 Å². The minimum Gasteiger partial charge on any atom is -0.481 e. The van der Waals surface area contributed by atoms with Gasteiger partial charge in [-0.2, -0.15) is 5.10 Å². The zero-order chi connectivity index (χ0) is 32.4. The fourth-order valence-electron chi connectivity index (χ4n) is 7.08. The molecular weight excluding hydrogens is 584 g/mol. The van der Waals surface area contributed by atoms with E-state index in [2.05, 4.69) is 15.4 Å². The summed E-state index contributed by atoms with van der Waals surface area (Å²) in [6.07, 6.45) is -1.49. The van der Waals surface area contributed by atoms with E-state index in [9.17, 15) is 19.8 Å². The third kappa shape index (κ3) is 5.68. The van der Waals surface area contributed by atoms with Crippen LogP contribution in [0, 0.1) is 34.9 Å². The average Bonchev–Trinajstić information content (AvgIpc) is 3.19. The lowest BCUT2D eigenvalue weighted by Crippen LogP contribution is -2.72. The van der Waals surface area contributed by atoms with Crippen molar-refractivity contribution in [1.29, 1.82) is 0 Å². The second kappa shape index (κ2) is 10.8. The number of hydrogen-bond donors (Lipinski definition) is 3. The number of aliphatic carboxylic acids is 1. The summed E-state index contributed by atoms with van der Waals surface area (Å²) in [7, 11) is 0. The standard InChI is InChI=1S/C30H44Cl2FN5O4/c1-16-14-18(36-38(16)28(8,9)10)35-22-20(32)19(31)21(33)17(34-22)15-30(24(39)40)12-13-37(25(41)42)29(11,27(5,6)7)23(30)26(2,3)4/h14,23H,12-13,15H2,1-11H3,(H,39,40)(H,41,42)(H,34,35,36)/t23?,29-,30-/m1/s1. The maximum absolute atomic E-state index is 15.8. The number of piperidine rings is 1. The molecule has 3 N–H and O–H groups in total. The molecule has 1 fully saturated rings. The van der Waals surface area contributed by atoms with Gasteiger partial charge in [0, 0.05) is 30.6 Å². The summed E-state index contributed by atoms with van der Waals surface area (Å²) < 4.78 is 17.7. The van der Waals surface area contributed by atoms with Gasteiger partial charge in [-0.3, -0.25) is 9.48 Å². The number of carboxylic acid groups (broad SMARTS) is 2. The van der Waals surface area contributed by atoms with Crippen LogP contribution in [0.3, 0.4) is 0 Å². The van der Waals surface area contributed by atoms with E-state index in [1.807, 2.05) is 73.9 Å². The lowest BCUT2D eigenvalue weighted by molar-refractivity contribution is -0.188. The Labute approximate surface area is 257 Å². The van der Waals surface area contributed by atoms with Gasteiger partial charge in [0.2, 0.25) is 0 Å². The van der Waals surface area contributed by atoms with Crippen LogP contribution in [-0.2, 0) is 16.8 Å². The number of nitrogens with one attached hydrogen (secondary N) is 1. The Kier molecular flexibility index (Phi) is 8.75. The summed E-state index contributed by atoms with van der Waals surface area (Å²) in [5.41, 5.74) is -3.70. The molecule has 2 aromatic rings. The molecule has 1 unspecified atom stereocenters. The number of amides is 1. The number of aryl methyl sites for hydroxylation is 1. The lowest BCUT2D eigenvalue weighted by Gasteiger charge is -2.64. The molecule has 0 spiro atoms. The third-order valence-electron chi connectivity index (χ3n) is 8.84. The third-order valence-corrected chi connectivity index (χ3v) is 9.66. The fourth-order valence-corrected chi connectivity index (χ4v) is 7.45. The van der Waals surface area contributed by atoms with Crippen molar-refractivity contribution >= 4 is 46.9 Å². The van der Waals surface area contributed by atoms with Crippen LogP contribution < -0.4 is 5.32 Å². The molecule has 3 atom stereocenters. The van der Waals surface area contributed by atoms with E-state index in [0.29, 0.717) is 5.82 Å². The Morgan fingerprint density at radius 3 is 2.10 bits per heavy atom. The van der Waals surface area contributed by atoms with Crippen LogP contribution >= 0.6 is 23.2 Å². The summed E-state index contributed by atoms with van der Waals surface area (Å²) in [6, 6.07) is 1.80. The predicted molar refractivity (Wildman–Crippen MR) is 163 cm³/mol. The highest BCUT2D eigenvalue weighted by molar-refractivity contribution is 6.43. The van der Waals surface area contributed by atoms with Gasteiger partial charge in [0.15, 0.2) is 17.5 Å². The van der Waals surface area contributed by atoms with Crippen LogP contribution in [0.5, 0.6) is 0 Å². The fraction of sp³-hybridized carbons (Fsp3) is 0.667. The van der Waals surface area contributed by atoms with Gasteiger partial charge in [0.1, 0.15) is 10.0 Å². The Bertz CT molecular complexity index is 1390. The number of nitrogens with zero attached hydrogens (tertiary/aromatic N) is 4. The van der Waals surface area contributed by atoms with Gasteiger partial charge in [-0.05, 0) is 51.9 Å². The van der Waals surface area contributed by atoms with E-state index in [1.165, 1.54) is 4.90 Å². The van der Waals surface area contributed by atoms with Crippen LogP contribution in [0.4, 0.5) is 20.8 Å². The van der Waals surface area contributed by atoms with Crippen molar-refractivity contribution in [2.24, 2.45) is 22.2 Å². The van der Waals surface area contributed by atoms with Crippen LogP contribution in [0.2, 0.25) is 10.0 Å². The summed E-state index contributed by atoms with van der Waals surface area (Å²) in [5.74, 6) is -2.34. The second-order valence-electron chi connectivity index (χ2n) is 14.7. The first-order valence-corrected chi connectivity index (χ1v) is 14.8. The quantitative estimate of drug-likeness (QED) is 0.307. The van der Waals surface area contributed by atoms with Crippen molar-refractivity contribution in [3.8, 4) is 0 Å². The topological polar surface area (TPSA) is 121 Å². The Balaban J connectivity index is 2.23. The lowest BCUT2D eigenvalue weighted by atomic mass is 9.47. The van der Waals surface area contributed by atoms with Gasteiger partial charge < -0.3 is 20.4 Å². The van der Waals surface area contributed by atoms with Gasteiger partial charge in [-0.1, -0.05) is 64.7 Å². The predicted octanol–water partition coefficient (Wildman–Crippen LogP) is 8.00. The molecule has 3 heterocycles. The van der Waals surface area contributed by atoms with Gasteiger partial charge in [0.25, 0.3) is 0 Å². The molecule has 0 radical (unpaired) electrons. The number of aromatic nitrogens is 3. The minimum absolute atomic E-state index is 0.0401. The van der Waals surface area contributed by atoms with Crippen molar-refractivity contribution in [1.82, 2.24) is 19.7 Å². The minimum atomic E-state index is -1.58. The molecular formula is C30H44Cl2FN5O4. The number of hydrogen-bond acceptors (Lipinski definition) is 5. The number of carboxylic acids is 1. The molecule has 12 heteroatoms. The number of anilines is 2. The molecule has 3 rings (SSSR count). The molecule has 1 amide bonds. The van der Waals surface area contributed by atoms with Crippen molar-refractivity contribution in [2.75, 3.05) is 11.9 Å². The van der Waals surface area contributed by atoms with Crippen LogP contribution in [0.25, 0.3) is 0 Å². The summed E-state index contributed by atoms with van der Waals surface area (Å²) in [5, 5.41) is 28.3. The van der Waals surface area contributed by atoms with Crippen molar-refractivity contribution < 1.29 is 24.2 Å². The van der Waals surface area contributed by atoms with E-state index in [-0.39, 0.29) is 46.5 Å². The van der Waals surface area contributed by atoms with Crippen molar-refractivity contribution in [2.45, 2.75) is 100 Å². The number of halogens is 3. The van der Waals surface area contributed by atoms with E-state index in [4.69, 9.17) is 23.2 Å². The zero-order valence-corrected chi connectivity index (χ0v) is 27.9. The number of carbonyl (C=O) groups is 2. The first-order valence-electron chi connectivity index (χ1n) is 14.0. The monoisotopic (exact) mass is 627 g/mol. The maximum Gasteiger partial charge on any atom is 0.407 e. The first-order chi connectivity index (χ1) is 18.9. The molecule has 0 saturated carbocycles. The van der Waals surface area contributed by atoms with E-state index >= 15 is 4.39 Å². The zero-order valence-electron chi connectivity index (χ0n) is 26.4. The van der Waals surface area contributed by atoms with Gasteiger partial charge in [0.05, 0.1) is 22.2 Å². The van der Waals surface area contributed by atoms with Gasteiger partial charge in [-0.15, -0.1) is 0 Å². The van der Waals surface area contributed by atoms with Gasteiger partial charge in [-0.25, -0.2) is 14.2 Å². The molecule has 0 aromatic carbocycles. The molecule has 42 heavy (non-hydrogen) atoms. The maximum atomic E-state index is 15.8. The van der Waals surface area contributed by atoms with Crippen LogP contribution in [0.1, 0.15) is 87.0 Å². The summed E-state index contributed by atoms with van der Waals surface area (Å²) >= 11 is 12.8. The van der Waals surface area contributed by atoms with Crippen molar-refractivity contribution in [3.63, 3.8) is 0 Å². The largest absolute Gasteiger partial charge is 0.481 e. The molecule has 2 aromatic heterocycles. The van der Waals surface area contributed by atoms with Gasteiger partial charge >= 0.3 is 12.1 Å². The Morgan fingerprint density at radius 2 is 1.67 bits per heavy atom. The highest BCUT2D eigenvalue weighted by Crippen LogP contribution is 2.60. The number of rotatable bonds is 5. The van der Waals surface area contributed by atoms with Crippen LogP contribution in [-0.4, -0.2) is 54.0 Å². The molecule has 1 saturated heterocycles. The molecule has 0 aliphatic carbocycles. The van der Waals surface area contributed by atoms with Crippen LogP contribution in [0.15, 0.2) is 6.07 Å². The van der Waals surface area contributed by atoms with Crippen molar-refractivity contribution in [3.05, 3.63) is 33.3 Å². The second-order valence-corrected chi connectivity index (χ2v) is 15.5. The Hall–Kier alpha value is -2.59. The highest BCUT2D eigenvalue weighted by Gasteiger charge is 2.66. The normalized spacial score (nSPS) is 23.7. The summed E-state index contributed by atoms with van der Waals surface area (Å²) in [4.78, 5) is 31.8. The highest BCUT2D eigenvalue weighted by atomic mass is 35.5.